The lowest BCUT2D eigenvalue weighted by atomic mass is 9.94. The Hall–Kier alpha value is -2.51. The summed E-state index contributed by atoms with van der Waals surface area (Å²) in [4.78, 5) is 32.0. The van der Waals surface area contributed by atoms with Crippen LogP contribution in [0.5, 0.6) is 0 Å². The van der Waals surface area contributed by atoms with Crippen LogP contribution in [0, 0.1) is 5.92 Å². The number of carbonyl (C=O) groups excluding carboxylic acids is 2. The van der Waals surface area contributed by atoms with Crippen LogP contribution < -0.4 is 5.32 Å². The Morgan fingerprint density at radius 1 is 1.16 bits per heavy atom. The van der Waals surface area contributed by atoms with Gasteiger partial charge in [-0.1, -0.05) is 30.5 Å². The van der Waals surface area contributed by atoms with Crippen LogP contribution in [0.15, 0.2) is 47.1 Å². The number of rotatable bonds is 6. The molecule has 172 valence electrons. The lowest BCUT2D eigenvalue weighted by Crippen LogP contribution is -2.58. The molecule has 1 aliphatic carbocycles. The van der Waals surface area contributed by atoms with E-state index < -0.39 is 0 Å². The van der Waals surface area contributed by atoms with Crippen LogP contribution in [0.25, 0.3) is 0 Å². The molecule has 1 aromatic heterocycles. The first-order chi connectivity index (χ1) is 15.5. The Bertz CT molecular complexity index is 906. The van der Waals surface area contributed by atoms with Crippen molar-refractivity contribution in [3.63, 3.8) is 0 Å². The highest BCUT2D eigenvalue weighted by Crippen LogP contribution is 2.32. The van der Waals surface area contributed by atoms with E-state index in [9.17, 15) is 9.59 Å². The Kier molecular flexibility index (Phi) is 7.37. The first-order valence-electron chi connectivity index (χ1n) is 11.3. The number of amides is 3. The SMILES string of the molecule is CN(Cc1ccco1)C(=O)C(C1CCCC1)N1CCN(C(=O)Nc2cccc(Cl)c2)CC1. The molecule has 0 bridgehead atoms. The first kappa shape index (κ1) is 22.7. The summed E-state index contributed by atoms with van der Waals surface area (Å²) in [6.45, 7) is 3.02. The van der Waals surface area contributed by atoms with Crippen LogP contribution >= 0.6 is 11.6 Å². The highest BCUT2D eigenvalue weighted by molar-refractivity contribution is 6.30. The molecule has 1 aromatic carbocycles. The summed E-state index contributed by atoms with van der Waals surface area (Å²) in [5.41, 5.74) is 0.684. The number of anilines is 1. The number of likely N-dealkylation sites (N-methyl/N-ethyl adjacent to an activating group) is 1. The van der Waals surface area contributed by atoms with Gasteiger partial charge in [0.1, 0.15) is 5.76 Å². The summed E-state index contributed by atoms with van der Waals surface area (Å²) in [5, 5.41) is 3.50. The van der Waals surface area contributed by atoms with Gasteiger partial charge in [0.05, 0.1) is 18.8 Å². The molecule has 2 aliphatic rings. The van der Waals surface area contributed by atoms with Crippen LogP contribution in [0.3, 0.4) is 0 Å². The highest BCUT2D eigenvalue weighted by atomic mass is 35.5. The molecule has 1 saturated heterocycles. The van der Waals surface area contributed by atoms with Crippen molar-refractivity contribution < 1.29 is 14.0 Å². The van der Waals surface area contributed by atoms with Crippen LogP contribution in [-0.4, -0.2) is 65.9 Å². The molecule has 4 rings (SSSR count). The Balaban J connectivity index is 1.37. The molecule has 2 fully saturated rings. The monoisotopic (exact) mass is 458 g/mol. The lowest BCUT2D eigenvalue weighted by molar-refractivity contribution is -0.139. The van der Waals surface area contributed by atoms with Gasteiger partial charge in [-0.25, -0.2) is 4.79 Å². The summed E-state index contributed by atoms with van der Waals surface area (Å²) in [5.74, 6) is 1.30. The number of hydrogen-bond acceptors (Lipinski definition) is 4. The van der Waals surface area contributed by atoms with Gasteiger partial charge in [0, 0.05) is 43.9 Å². The number of carbonyl (C=O) groups is 2. The third-order valence-corrected chi connectivity index (χ3v) is 6.75. The van der Waals surface area contributed by atoms with Crippen molar-refractivity contribution >= 4 is 29.2 Å². The van der Waals surface area contributed by atoms with Gasteiger partial charge < -0.3 is 19.5 Å². The summed E-state index contributed by atoms with van der Waals surface area (Å²) < 4.78 is 5.43. The van der Waals surface area contributed by atoms with E-state index in [2.05, 4.69) is 10.2 Å². The molecule has 1 atom stereocenters. The Morgan fingerprint density at radius 2 is 1.91 bits per heavy atom. The van der Waals surface area contributed by atoms with E-state index in [4.69, 9.17) is 16.0 Å². The van der Waals surface area contributed by atoms with Gasteiger partial charge in [-0.05, 0) is 49.1 Å². The molecule has 2 heterocycles. The molecular weight excluding hydrogens is 428 g/mol. The van der Waals surface area contributed by atoms with E-state index in [1.165, 1.54) is 12.8 Å². The predicted molar refractivity (Wildman–Crippen MR) is 125 cm³/mol. The third kappa shape index (κ3) is 5.45. The normalized spacial score (nSPS) is 18.5. The maximum atomic E-state index is 13.5. The summed E-state index contributed by atoms with van der Waals surface area (Å²) in [6, 6.07) is 10.6. The number of benzene rings is 1. The van der Waals surface area contributed by atoms with Crippen molar-refractivity contribution in [2.75, 3.05) is 38.5 Å². The second-order valence-electron chi connectivity index (χ2n) is 8.73. The number of furan rings is 1. The van der Waals surface area contributed by atoms with E-state index in [1.807, 2.05) is 31.3 Å². The second-order valence-corrected chi connectivity index (χ2v) is 9.16. The average molecular weight is 459 g/mol. The van der Waals surface area contributed by atoms with Gasteiger partial charge in [0.15, 0.2) is 0 Å². The number of hydrogen-bond donors (Lipinski definition) is 1. The minimum absolute atomic E-state index is 0.134. The molecule has 32 heavy (non-hydrogen) atoms. The van der Waals surface area contributed by atoms with E-state index in [-0.39, 0.29) is 18.0 Å². The molecular formula is C24H31ClN4O3. The summed E-state index contributed by atoms with van der Waals surface area (Å²) in [6.07, 6.45) is 6.16. The predicted octanol–water partition coefficient (Wildman–Crippen LogP) is 4.30. The molecule has 1 saturated carbocycles. The van der Waals surface area contributed by atoms with E-state index >= 15 is 0 Å². The van der Waals surface area contributed by atoms with Crippen molar-refractivity contribution in [2.45, 2.75) is 38.3 Å². The number of urea groups is 1. The van der Waals surface area contributed by atoms with Gasteiger partial charge in [0.25, 0.3) is 0 Å². The van der Waals surface area contributed by atoms with Crippen LogP contribution in [0.1, 0.15) is 31.4 Å². The minimum Gasteiger partial charge on any atom is -0.467 e. The molecule has 2 aromatic rings. The van der Waals surface area contributed by atoms with E-state index in [1.54, 1.807) is 28.2 Å². The molecule has 0 spiro atoms. The minimum atomic E-state index is -0.143. The fraction of sp³-hybridized carbons (Fsp3) is 0.500. The fourth-order valence-electron chi connectivity index (χ4n) is 4.84. The van der Waals surface area contributed by atoms with Crippen LogP contribution in [0.4, 0.5) is 10.5 Å². The third-order valence-electron chi connectivity index (χ3n) is 6.52. The quantitative estimate of drug-likeness (QED) is 0.700. The second kappa shape index (κ2) is 10.4. The molecule has 1 unspecified atom stereocenters. The molecule has 8 heteroatoms. The van der Waals surface area contributed by atoms with Gasteiger partial charge in [-0.2, -0.15) is 0 Å². The Labute approximate surface area is 194 Å². The van der Waals surface area contributed by atoms with Crippen molar-refractivity contribution in [1.82, 2.24) is 14.7 Å². The maximum absolute atomic E-state index is 13.5. The molecule has 1 aliphatic heterocycles. The number of halogens is 1. The molecule has 0 radical (unpaired) electrons. The van der Waals surface area contributed by atoms with Crippen molar-refractivity contribution in [3.8, 4) is 0 Å². The number of piperazine rings is 1. The van der Waals surface area contributed by atoms with Crippen LogP contribution in [-0.2, 0) is 11.3 Å². The lowest BCUT2D eigenvalue weighted by Gasteiger charge is -2.41. The summed E-state index contributed by atoms with van der Waals surface area (Å²) in [7, 11) is 1.85. The molecule has 7 nitrogen and oxygen atoms in total. The highest BCUT2D eigenvalue weighted by Gasteiger charge is 2.38. The standard InChI is InChI=1S/C24H31ClN4O3/c1-27(17-21-10-5-15-32-21)23(30)22(18-6-2-3-7-18)28-11-13-29(14-12-28)24(31)26-20-9-4-8-19(25)16-20/h4-5,8-10,15-16,18,22H,2-3,6-7,11-14,17H2,1H3,(H,26,31). The largest absolute Gasteiger partial charge is 0.467 e. The first-order valence-corrected chi connectivity index (χ1v) is 11.7. The zero-order valence-electron chi connectivity index (χ0n) is 18.5. The van der Waals surface area contributed by atoms with Crippen LogP contribution in [0.2, 0.25) is 5.02 Å². The van der Waals surface area contributed by atoms with Crippen molar-refractivity contribution in [2.24, 2.45) is 5.92 Å². The summed E-state index contributed by atoms with van der Waals surface area (Å²) >= 11 is 6.02. The zero-order chi connectivity index (χ0) is 22.5. The molecule has 1 N–H and O–H groups in total. The average Bonchev–Trinajstić information content (AvgIpc) is 3.49. The van der Waals surface area contributed by atoms with Gasteiger partial charge in [-0.3, -0.25) is 9.69 Å². The maximum Gasteiger partial charge on any atom is 0.321 e. The molecule has 3 amide bonds. The van der Waals surface area contributed by atoms with Gasteiger partial charge in [-0.15, -0.1) is 0 Å². The Morgan fingerprint density at radius 3 is 2.56 bits per heavy atom. The number of nitrogens with one attached hydrogen (secondary N) is 1. The van der Waals surface area contributed by atoms with Gasteiger partial charge >= 0.3 is 6.03 Å². The topological polar surface area (TPSA) is 69.0 Å². The number of nitrogens with zero attached hydrogens (tertiary/aromatic N) is 3. The van der Waals surface area contributed by atoms with E-state index in [0.717, 1.165) is 18.6 Å². The fourth-order valence-corrected chi connectivity index (χ4v) is 5.03. The van der Waals surface area contributed by atoms with E-state index in [0.29, 0.717) is 49.4 Å². The smallest absolute Gasteiger partial charge is 0.321 e. The van der Waals surface area contributed by atoms with Crippen molar-refractivity contribution in [3.05, 3.63) is 53.4 Å². The van der Waals surface area contributed by atoms with Crippen molar-refractivity contribution in [1.29, 1.82) is 0 Å². The zero-order valence-corrected chi connectivity index (χ0v) is 19.3. The van der Waals surface area contributed by atoms with Gasteiger partial charge in [0.2, 0.25) is 5.91 Å².